The summed E-state index contributed by atoms with van der Waals surface area (Å²) < 4.78 is 97.9. The number of hydrogen-bond acceptors (Lipinski definition) is 26. The number of nitrogens with one attached hydrogen (secondary N) is 2. The van der Waals surface area contributed by atoms with Crippen LogP contribution in [0.4, 0.5) is 13.2 Å². The van der Waals surface area contributed by atoms with Gasteiger partial charge in [-0.15, -0.1) is 10.2 Å². The highest BCUT2D eigenvalue weighted by Gasteiger charge is 2.36. The second kappa shape index (κ2) is 43.0. The molecule has 5 N–H and O–H groups in total. The van der Waals surface area contributed by atoms with Crippen LogP contribution >= 0.6 is 0 Å². The van der Waals surface area contributed by atoms with Crippen LogP contribution in [0, 0.1) is 28.8 Å². The van der Waals surface area contributed by atoms with Crippen LogP contribution < -0.4 is 14.8 Å². The number of aromatic amines is 1. The predicted octanol–water partition coefficient (Wildman–Crippen LogP) is 2.42. The Morgan fingerprint density at radius 3 is 1.90 bits per heavy atom. The Morgan fingerprint density at radius 1 is 0.716 bits per heavy atom. The number of rotatable bonds is 48. The third-order valence-corrected chi connectivity index (χ3v) is 16.9. The highest BCUT2D eigenvalue weighted by Crippen LogP contribution is 2.33. The molecule has 0 spiro atoms. The van der Waals surface area contributed by atoms with Gasteiger partial charge < -0.3 is 82.8 Å². The normalized spacial score (nSPS) is 13.9. The first-order valence-corrected chi connectivity index (χ1v) is 33.9. The van der Waals surface area contributed by atoms with Crippen LogP contribution in [0.1, 0.15) is 64.3 Å². The molecule has 102 heavy (non-hydrogen) atoms. The highest BCUT2D eigenvalue weighted by molar-refractivity contribution is 6.45. The second-order valence-corrected chi connectivity index (χ2v) is 23.8. The van der Waals surface area contributed by atoms with Gasteiger partial charge in [0.05, 0.1) is 192 Å². The summed E-state index contributed by atoms with van der Waals surface area (Å²) in [6, 6.07) is 12.5. The van der Waals surface area contributed by atoms with Gasteiger partial charge in [0.15, 0.2) is 17.5 Å². The number of allylic oxidation sites excluding steroid dienone is 1. The van der Waals surface area contributed by atoms with Crippen LogP contribution in [-0.2, 0) is 60.6 Å². The molecule has 2 amide bonds. The molecule has 6 aromatic rings. The third kappa shape index (κ3) is 24.2. The lowest BCUT2D eigenvalue weighted by molar-refractivity contribution is -0.136. The molecule has 0 bridgehead atoms. The van der Waals surface area contributed by atoms with E-state index in [1.165, 1.54) is 35.4 Å². The van der Waals surface area contributed by atoms with Gasteiger partial charge in [0.1, 0.15) is 23.6 Å². The molecular formula is C68H91F3N14O17. The summed E-state index contributed by atoms with van der Waals surface area (Å²) in [4.78, 5) is 72.6. The van der Waals surface area contributed by atoms with E-state index in [2.05, 4.69) is 56.3 Å². The highest BCUT2D eigenvalue weighted by atomic mass is 19.1. The molecule has 31 nitrogen and oxygen atoms in total. The van der Waals surface area contributed by atoms with Crippen molar-refractivity contribution in [3.05, 3.63) is 113 Å². The number of hydrogen-bond donors (Lipinski definition) is 5. The van der Waals surface area contributed by atoms with Crippen LogP contribution in [0.3, 0.4) is 0 Å². The van der Waals surface area contributed by atoms with E-state index in [0.717, 1.165) is 50.4 Å². The molecule has 0 atom stereocenters. The minimum atomic E-state index is -1.31. The number of aliphatic hydroxyl groups is 3. The molecule has 2 saturated heterocycles. The number of H-pyrrole nitrogens is 1. The molecule has 2 aromatic carbocycles. The smallest absolute Gasteiger partial charge is 0.313 e. The first kappa shape index (κ1) is 79.5. The van der Waals surface area contributed by atoms with Gasteiger partial charge in [-0.3, -0.25) is 29.0 Å². The molecule has 4 aromatic heterocycles. The lowest BCUT2D eigenvalue weighted by Gasteiger charge is -2.41. The number of carbonyl (C=O) groups excluding carboxylic acids is 4. The topological polar surface area (TPSA) is 360 Å². The number of esters is 1. The molecule has 0 saturated carbocycles. The van der Waals surface area contributed by atoms with E-state index in [1.54, 1.807) is 10.9 Å². The Balaban J connectivity index is 0.608. The maximum atomic E-state index is 13.9. The fourth-order valence-corrected chi connectivity index (χ4v) is 11.2. The van der Waals surface area contributed by atoms with Gasteiger partial charge in [0.25, 0.3) is 17.6 Å². The number of ketones is 1. The number of aliphatic hydroxyl groups excluding tert-OH is 3. The fourth-order valence-electron chi connectivity index (χ4n) is 11.2. The van der Waals surface area contributed by atoms with Gasteiger partial charge in [0, 0.05) is 83.8 Å². The summed E-state index contributed by atoms with van der Waals surface area (Å²) in [6.45, 7) is 11.1. The molecular weight excluding hydrogens is 1340 g/mol. The Labute approximate surface area is 588 Å². The van der Waals surface area contributed by atoms with E-state index in [1.807, 2.05) is 35.2 Å². The zero-order valence-corrected chi connectivity index (χ0v) is 57.4. The Kier molecular flexibility index (Phi) is 33.5. The predicted molar refractivity (Wildman–Crippen MR) is 359 cm³/mol. The fraction of sp³-hybridized carbons (Fsp3) is 0.559. The van der Waals surface area contributed by atoms with Gasteiger partial charge in [-0.25, -0.2) is 27.8 Å². The minimum absolute atomic E-state index is 0.0597. The van der Waals surface area contributed by atoms with Crippen molar-refractivity contribution in [2.75, 3.05) is 198 Å². The molecule has 8 rings (SSSR count). The maximum absolute atomic E-state index is 13.9. The summed E-state index contributed by atoms with van der Waals surface area (Å²) in [7, 11) is 1.42. The summed E-state index contributed by atoms with van der Waals surface area (Å²) in [5.74, 6) is -7.39. The van der Waals surface area contributed by atoms with Crippen molar-refractivity contribution >= 4 is 40.0 Å². The summed E-state index contributed by atoms with van der Waals surface area (Å²) >= 11 is 0. The first-order valence-electron chi connectivity index (χ1n) is 33.9. The van der Waals surface area contributed by atoms with Crippen molar-refractivity contribution in [1.82, 2.24) is 64.6 Å². The number of carbonyl (C=O) groups is 4. The lowest BCUT2D eigenvalue weighted by atomic mass is 9.93. The zero-order chi connectivity index (χ0) is 72.3. The molecule has 556 valence electrons. The monoisotopic (exact) mass is 1430 g/mol. The maximum Gasteiger partial charge on any atom is 0.313 e. The number of piperidine rings is 1. The van der Waals surface area contributed by atoms with Gasteiger partial charge in [-0.2, -0.15) is 9.94 Å². The van der Waals surface area contributed by atoms with Crippen molar-refractivity contribution in [2.24, 2.45) is 0 Å². The number of halogens is 3. The van der Waals surface area contributed by atoms with Crippen molar-refractivity contribution in [2.45, 2.75) is 50.8 Å². The van der Waals surface area contributed by atoms with Crippen molar-refractivity contribution < 1.29 is 95.0 Å². The number of Topliss-reactive ketones (excluding diaryl/α,β-unsaturated/α-hetero) is 1. The molecule has 6 heterocycles. The third-order valence-electron chi connectivity index (χ3n) is 16.9. The van der Waals surface area contributed by atoms with Gasteiger partial charge in [-0.1, -0.05) is 35.5 Å². The van der Waals surface area contributed by atoms with Crippen LogP contribution in [-0.4, -0.2) is 302 Å². The number of ether oxygens (including phenoxy) is 10. The van der Waals surface area contributed by atoms with E-state index in [9.17, 15) is 52.9 Å². The van der Waals surface area contributed by atoms with E-state index < -0.39 is 72.1 Å². The van der Waals surface area contributed by atoms with Crippen molar-refractivity contribution in [3.8, 4) is 23.4 Å². The summed E-state index contributed by atoms with van der Waals surface area (Å²) in [5.41, 5.74) is 2.11. The van der Waals surface area contributed by atoms with Crippen LogP contribution in [0.5, 0.6) is 11.5 Å². The minimum Gasteiger partial charge on any atom is -0.494 e. The molecule has 2 fully saturated rings. The van der Waals surface area contributed by atoms with Gasteiger partial charge >= 0.3 is 5.97 Å². The lowest BCUT2D eigenvalue weighted by Crippen LogP contribution is -2.58. The number of piperazine rings is 1. The van der Waals surface area contributed by atoms with Crippen LogP contribution in [0.15, 0.2) is 73.0 Å². The SMILES string of the molecule is COc1cnc(-n2cnc(C(=O)NCCCN(CCCN3CCN(CCOCCOCCOCCOCc4cn(CCOCCOCCOCCOCCC(=O)Oc5c(F)cc(F)cc5F)nn4)CC3)C(CO)(CO)CO)n2)c2[nH]cc(C(=O)C(=O)N3CCC(=C(C#N)c4ccccc4)CC3)c12. The average Bonchev–Trinajstić information content (AvgIpc) is 1.60. The number of pyridine rings is 1. The number of benzene rings is 2. The molecule has 0 radical (unpaired) electrons. The van der Waals surface area contributed by atoms with E-state index in [4.69, 9.17) is 42.6 Å². The quantitative estimate of drug-likeness (QED) is 0.00914. The van der Waals surface area contributed by atoms with Gasteiger partial charge in [0.2, 0.25) is 11.6 Å². The largest absolute Gasteiger partial charge is 0.494 e. The summed E-state index contributed by atoms with van der Waals surface area (Å²) in [6.07, 6.45) is 7.65. The van der Waals surface area contributed by atoms with E-state index in [0.29, 0.717) is 159 Å². The van der Waals surface area contributed by atoms with E-state index >= 15 is 0 Å². The molecule has 34 heteroatoms. The number of fused-ring (bicyclic) bond motifs is 1. The molecule has 0 aliphatic carbocycles. The zero-order valence-electron chi connectivity index (χ0n) is 57.4. The number of amides is 2. The Hall–Kier alpha value is -8.25. The summed E-state index contributed by atoms with van der Waals surface area (Å²) in [5, 5.41) is 56.8. The number of nitriles is 1. The average molecular weight is 1430 g/mol. The van der Waals surface area contributed by atoms with Crippen LogP contribution in [0.25, 0.3) is 22.3 Å². The Morgan fingerprint density at radius 2 is 1.29 bits per heavy atom. The first-order chi connectivity index (χ1) is 49.8. The number of nitrogens with zero attached hydrogens (tertiary/aromatic N) is 12. The number of aromatic nitrogens is 8. The molecule has 2 aliphatic heterocycles. The van der Waals surface area contributed by atoms with Crippen molar-refractivity contribution in [1.29, 1.82) is 5.26 Å². The van der Waals surface area contributed by atoms with Crippen LogP contribution in [0.2, 0.25) is 0 Å². The molecule has 2 aliphatic rings. The molecule has 0 unspecified atom stereocenters. The van der Waals surface area contributed by atoms with Crippen molar-refractivity contribution in [3.63, 3.8) is 0 Å². The number of methoxy groups -OCH3 is 1. The second-order valence-electron chi connectivity index (χ2n) is 23.8. The standard InChI is InChI=1S/C68H91F3N14O17/c1-93-58-43-75-65(61-60(58)55(42-74-61)62(90)67(92)82-16-9-51(10-17-82)54(41-72)50-7-3-2-4-8-50)85-49-76-64(78-85)66(91)73-12-5-14-83(68(46-86,47-87)48-88)15-6-13-80-18-20-81(21-19-80)22-25-95-28-31-98-35-36-100-37-38-101-45-53-44-84(79-77-53)23-26-96-29-32-99-34-33-97-30-27-94-24-11-59(89)102-63-56(70)39-52(69)40-57(63)71/h2-4,7-8,39-40,42-44,49,74,86-88H,5-6,9-38,45-48H2,1H3,(H,73,91). The van der Waals surface area contributed by atoms with E-state index in [-0.39, 0.29) is 75.4 Å². The Bertz CT molecular complexity index is 3600. The number of likely N-dealkylation sites (tertiary alicyclic amines) is 1. The van der Waals surface area contributed by atoms with Gasteiger partial charge in [-0.05, 0) is 43.4 Å².